The normalized spacial score (nSPS) is 12.5. The van der Waals surface area contributed by atoms with E-state index in [4.69, 9.17) is 4.98 Å². The number of anilines is 1. The predicted octanol–water partition coefficient (Wildman–Crippen LogP) is 6.69. The molecular formula is C36H38N6O3S. The maximum Gasteiger partial charge on any atom is 0.251 e. The number of nitrogens with zero attached hydrogens (tertiary/aromatic N) is 3. The molecule has 0 radical (unpaired) electrons. The molecular weight excluding hydrogens is 597 g/mol. The summed E-state index contributed by atoms with van der Waals surface area (Å²) in [6.07, 6.45) is 2.10. The molecule has 0 bridgehead atoms. The number of amides is 3. The Labute approximate surface area is 273 Å². The van der Waals surface area contributed by atoms with Crippen LogP contribution in [-0.4, -0.2) is 44.6 Å². The van der Waals surface area contributed by atoms with E-state index in [1.807, 2.05) is 50.2 Å². The molecule has 2 aromatic heterocycles. The molecule has 5 rings (SSSR count). The summed E-state index contributed by atoms with van der Waals surface area (Å²) in [6.45, 7) is 10.1. The predicted molar refractivity (Wildman–Crippen MR) is 184 cm³/mol. The van der Waals surface area contributed by atoms with Crippen molar-refractivity contribution in [2.24, 2.45) is 0 Å². The molecule has 1 unspecified atom stereocenters. The molecule has 2 heterocycles. The van der Waals surface area contributed by atoms with Crippen LogP contribution in [0.15, 0.2) is 90.0 Å². The number of hydrogen-bond donors (Lipinski definition) is 3. The number of carbonyl (C=O) groups is 3. The minimum absolute atomic E-state index is 0.0102. The van der Waals surface area contributed by atoms with Gasteiger partial charge in [0.05, 0.1) is 29.0 Å². The molecule has 3 aromatic carbocycles. The van der Waals surface area contributed by atoms with Crippen molar-refractivity contribution in [1.29, 1.82) is 0 Å². The first kappa shape index (κ1) is 32.4. The summed E-state index contributed by atoms with van der Waals surface area (Å²) in [6, 6.07) is 24.1. The third kappa shape index (κ3) is 7.29. The van der Waals surface area contributed by atoms with Gasteiger partial charge in [0.25, 0.3) is 11.8 Å². The second-order valence-corrected chi connectivity index (χ2v) is 12.7. The van der Waals surface area contributed by atoms with Crippen LogP contribution in [0.2, 0.25) is 0 Å². The molecule has 236 valence electrons. The van der Waals surface area contributed by atoms with Gasteiger partial charge in [-0.1, -0.05) is 48.9 Å². The summed E-state index contributed by atoms with van der Waals surface area (Å²) in [7, 11) is 0. The zero-order valence-corrected chi connectivity index (χ0v) is 27.4. The van der Waals surface area contributed by atoms with Gasteiger partial charge in [0.2, 0.25) is 6.41 Å². The molecule has 10 heteroatoms. The third-order valence-corrected chi connectivity index (χ3v) is 8.49. The standard InChI is InChI=1S/C36H38N6O3S/c1-6-46-29-15-11-26(12-16-29)33(38-21-43)36(45)40-28-14-17-30(37-20-28)34-41-31-19-27(35(44)39-22(2)3)13-18-32(31)42(34)24(5)25-9-7-23(4)8-10-25/h7-22,24,33H,6H2,1-5H3,(H,38,43)(H,39,44)(H,40,45)/t24-,33?/m1/s1. The van der Waals surface area contributed by atoms with E-state index in [2.05, 4.69) is 70.5 Å². The minimum atomic E-state index is -0.862. The average Bonchev–Trinajstić information content (AvgIpc) is 3.43. The molecule has 0 spiro atoms. The Morgan fingerprint density at radius 3 is 2.28 bits per heavy atom. The zero-order chi connectivity index (χ0) is 32.8. The van der Waals surface area contributed by atoms with Crippen molar-refractivity contribution >= 4 is 46.7 Å². The Balaban J connectivity index is 1.46. The number of rotatable bonds is 12. The Kier molecular flexibility index (Phi) is 10.2. The molecule has 0 saturated carbocycles. The topological polar surface area (TPSA) is 118 Å². The van der Waals surface area contributed by atoms with Crippen LogP contribution in [-0.2, 0) is 9.59 Å². The number of fused-ring (bicyclic) bond motifs is 1. The molecule has 5 aromatic rings. The van der Waals surface area contributed by atoms with Crippen LogP contribution in [0.5, 0.6) is 0 Å². The van der Waals surface area contributed by atoms with Gasteiger partial charge in [-0.2, -0.15) is 0 Å². The fraction of sp³-hybridized carbons (Fsp3) is 0.250. The molecule has 0 aliphatic heterocycles. The number of aryl methyl sites for hydroxylation is 1. The van der Waals surface area contributed by atoms with E-state index in [0.717, 1.165) is 21.7 Å². The highest BCUT2D eigenvalue weighted by Crippen LogP contribution is 2.32. The first-order chi connectivity index (χ1) is 22.2. The van der Waals surface area contributed by atoms with Crippen LogP contribution in [0, 0.1) is 6.92 Å². The van der Waals surface area contributed by atoms with Crippen molar-refractivity contribution in [2.45, 2.75) is 57.6 Å². The van der Waals surface area contributed by atoms with E-state index in [0.29, 0.717) is 40.3 Å². The van der Waals surface area contributed by atoms with Gasteiger partial charge in [-0.05, 0) is 87.0 Å². The molecule has 0 fully saturated rings. The largest absolute Gasteiger partial charge is 0.350 e. The summed E-state index contributed by atoms with van der Waals surface area (Å²) in [4.78, 5) is 48.1. The van der Waals surface area contributed by atoms with E-state index in [1.54, 1.807) is 36.2 Å². The van der Waals surface area contributed by atoms with Gasteiger partial charge >= 0.3 is 0 Å². The summed E-state index contributed by atoms with van der Waals surface area (Å²) < 4.78 is 2.12. The fourth-order valence-corrected chi connectivity index (χ4v) is 5.94. The van der Waals surface area contributed by atoms with Gasteiger partial charge in [0, 0.05) is 16.5 Å². The fourth-order valence-electron chi connectivity index (χ4n) is 5.28. The second kappa shape index (κ2) is 14.4. The van der Waals surface area contributed by atoms with Gasteiger partial charge in [-0.25, -0.2) is 4.98 Å². The summed E-state index contributed by atoms with van der Waals surface area (Å²) >= 11 is 1.70. The van der Waals surface area contributed by atoms with Gasteiger partial charge < -0.3 is 20.5 Å². The van der Waals surface area contributed by atoms with Crippen LogP contribution in [0.25, 0.3) is 22.6 Å². The summed E-state index contributed by atoms with van der Waals surface area (Å²) in [5.41, 5.74) is 6.11. The van der Waals surface area contributed by atoms with Crippen molar-refractivity contribution in [3.63, 3.8) is 0 Å². The molecule has 0 aliphatic carbocycles. The Morgan fingerprint density at radius 1 is 0.935 bits per heavy atom. The lowest BCUT2D eigenvalue weighted by Gasteiger charge is -2.19. The van der Waals surface area contributed by atoms with Crippen LogP contribution < -0.4 is 16.0 Å². The van der Waals surface area contributed by atoms with Crippen LogP contribution in [0.3, 0.4) is 0 Å². The number of aromatic nitrogens is 3. The number of benzene rings is 3. The lowest BCUT2D eigenvalue weighted by atomic mass is 10.1. The lowest BCUT2D eigenvalue weighted by Crippen LogP contribution is -2.32. The molecule has 9 nitrogen and oxygen atoms in total. The maximum absolute atomic E-state index is 13.2. The first-order valence-electron chi connectivity index (χ1n) is 15.3. The molecule has 46 heavy (non-hydrogen) atoms. The number of hydrogen-bond acceptors (Lipinski definition) is 6. The number of carbonyl (C=O) groups excluding carboxylic acids is 3. The minimum Gasteiger partial charge on any atom is -0.350 e. The Hall–Kier alpha value is -4.96. The van der Waals surface area contributed by atoms with E-state index in [-0.39, 0.29) is 23.9 Å². The zero-order valence-electron chi connectivity index (χ0n) is 26.6. The number of pyridine rings is 1. The van der Waals surface area contributed by atoms with Crippen molar-refractivity contribution in [3.05, 3.63) is 107 Å². The van der Waals surface area contributed by atoms with Gasteiger partial charge in [-0.3, -0.25) is 19.4 Å². The molecule has 3 amide bonds. The van der Waals surface area contributed by atoms with Gasteiger partial charge in [-0.15, -0.1) is 11.8 Å². The van der Waals surface area contributed by atoms with E-state index >= 15 is 0 Å². The van der Waals surface area contributed by atoms with Crippen LogP contribution >= 0.6 is 11.8 Å². The average molecular weight is 635 g/mol. The number of thioether (sulfide) groups is 1. The molecule has 0 saturated heterocycles. The quantitative estimate of drug-likeness (QED) is 0.104. The smallest absolute Gasteiger partial charge is 0.251 e. The Bertz CT molecular complexity index is 1830. The highest BCUT2D eigenvalue weighted by atomic mass is 32.2. The second-order valence-electron chi connectivity index (χ2n) is 11.4. The van der Waals surface area contributed by atoms with Crippen molar-refractivity contribution in [3.8, 4) is 11.5 Å². The molecule has 0 aliphatic rings. The third-order valence-electron chi connectivity index (χ3n) is 7.60. The van der Waals surface area contributed by atoms with Gasteiger partial charge in [0.15, 0.2) is 5.82 Å². The van der Waals surface area contributed by atoms with E-state index < -0.39 is 6.04 Å². The summed E-state index contributed by atoms with van der Waals surface area (Å²) in [5, 5.41) is 8.44. The summed E-state index contributed by atoms with van der Waals surface area (Å²) in [5.74, 6) is 1.03. The highest BCUT2D eigenvalue weighted by Gasteiger charge is 2.23. The van der Waals surface area contributed by atoms with Crippen molar-refractivity contribution < 1.29 is 14.4 Å². The SMILES string of the molecule is CCSc1ccc(C(NC=O)C(=O)Nc2ccc(-c3nc4cc(C(=O)NC(C)C)ccc4n3[C@H](C)c3ccc(C)cc3)nc2)cc1. The monoisotopic (exact) mass is 634 g/mol. The van der Waals surface area contributed by atoms with Crippen LogP contribution in [0.4, 0.5) is 5.69 Å². The molecule has 2 atom stereocenters. The Morgan fingerprint density at radius 2 is 1.65 bits per heavy atom. The van der Waals surface area contributed by atoms with Gasteiger partial charge in [0.1, 0.15) is 11.7 Å². The lowest BCUT2D eigenvalue weighted by molar-refractivity contribution is -0.121. The maximum atomic E-state index is 13.2. The molecule has 3 N–H and O–H groups in total. The highest BCUT2D eigenvalue weighted by molar-refractivity contribution is 7.99. The number of imidazole rings is 1. The van der Waals surface area contributed by atoms with Crippen molar-refractivity contribution in [2.75, 3.05) is 11.1 Å². The van der Waals surface area contributed by atoms with Crippen molar-refractivity contribution in [1.82, 2.24) is 25.2 Å². The first-order valence-corrected chi connectivity index (χ1v) is 16.3. The number of nitrogens with one attached hydrogen (secondary N) is 3. The van der Waals surface area contributed by atoms with E-state index in [1.165, 1.54) is 5.56 Å². The van der Waals surface area contributed by atoms with E-state index in [9.17, 15) is 14.4 Å². The van der Waals surface area contributed by atoms with Crippen LogP contribution in [0.1, 0.15) is 66.8 Å².